The number of urea groups is 1. The summed E-state index contributed by atoms with van der Waals surface area (Å²) < 4.78 is 27.6. The normalized spacial score (nSPS) is 16.6. The van der Waals surface area contributed by atoms with Crippen molar-refractivity contribution in [3.05, 3.63) is 64.7 Å². The fraction of sp³-hybridized carbons (Fsp3) is 0.300. The summed E-state index contributed by atoms with van der Waals surface area (Å²) in [5, 5.41) is 14.6. The van der Waals surface area contributed by atoms with Crippen molar-refractivity contribution in [3.8, 4) is 5.75 Å². The van der Waals surface area contributed by atoms with Crippen LogP contribution in [0.3, 0.4) is 0 Å². The Morgan fingerprint density at radius 2 is 2.00 bits per heavy atom. The van der Waals surface area contributed by atoms with Gasteiger partial charge in [0.2, 0.25) is 5.91 Å². The summed E-state index contributed by atoms with van der Waals surface area (Å²) in [5.41, 5.74) is 1.45. The first-order valence-electron chi connectivity index (χ1n) is 8.92. The van der Waals surface area contributed by atoms with E-state index in [9.17, 15) is 23.5 Å². The van der Waals surface area contributed by atoms with Gasteiger partial charge < -0.3 is 20.6 Å². The molecule has 1 saturated heterocycles. The smallest absolute Gasteiger partial charge is 0.318 e. The summed E-state index contributed by atoms with van der Waals surface area (Å²) in [6.45, 7) is 2.53. The average molecular weight is 389 g/mol. The number of aryl methyl sites for hydroxylation is 1. The highest BCUT2D eigenvalue weighted by molar-refractivity contribution is 5.89. The first kappa shape index (κ1) is 19.6. The molecule has 2 aromatic carbocycles. The van der Waals surface area contributed by atoms with Gasteiger partial charge in [0.15, 0.2) is 0 Å². The summed E-state index contributed by atoms with van der Waals surface area (Å²) >= 11 is 0. The van der Waals surface area contributed by atoms with E-state index in [2.05, 4.69) is 10.6 Å². The van der Waals surface area contributed by atoms with Crippen LogP contribution in [0.1, 0.15) is 22.7 Å². The maximum absolute atomic E-state index is 13.8. The van der Waals surface area contributed by atoms with Gasteiger partial charge in [-0.05, 0) is 18.9 Å². The minimum absolute atomic E-state index is 0.0178. The van der Waals surface area contributed by atoms with Gasteiger partial charge in [0.25, 0.3) is 0 Å². The zero-order valence-electron chi connectivity index (χ0n) is 15.3. The van der Waals surface area contributed by atoms with Crippen molar-refractivity contribution >= 4 is 11.9 Å². The largest absolute Gasteiger partial charge is 0.508 e. The number of rotatable bonds is 4. The molecule has 1 aliphatic heterocycles. The van der Waals surface area contributed by atoms with Crippen molar-refractivity contribution in [1.82, 2.24) is 15.5 Å². The Balaban J connectivity index is 1.69. The molecule has 1 atom stereocenters. The summed E-state index contributed by atoms with van der Waals surface area (Å²) in [4.78, 5) is 26.4. The maximum Gasteiger partial charge on any atom is 0.318 e. The summed E-state index contributed by atoms with van der Waals surface area (Å²) in [7, 11) is 0. The molecule has 6 nitrogen and oxygen atoms in total. The number of carbonyl (C=O) groups excluding carboxylic acids is 2. The first-order chi connectivity index (χ1) is 13.4. The van der Waals surface area contributed by atoms with Crippen molar-refractivity contribution in [2.45, 2.75) is 19.4 Å². The summed E-state index contributed by atoms with van der Waals surface area (Å²) in [6, 6.07) is 7.73. The SMILES string of the molecule is Cc1cccc(C2C(=O)NCCN2C(=O)NCCc2c(F)cc(O)cc2F)c1. The Morgan fingerprint density at radius 3 is 2.68 bits per heavy atom. The molecule has 1 fully saturated rings. The lowest BCUT2D eigenvalue weighted by Crippen LogP contribution is -2.55. The average Bonchev–Trinajstić information content (AvgIpc) is 2.63. The molecule has 0 aromatic heterocycles. The predicted octanol–water partition coefficient (Wildman–Crippen LogP) is 2.40. The molecule has 3 amide bonds. The van der Waals surface area contributed by atoms with Crippen molar-refractivity contribution in [2.75, 3.05) is 19.6 Å². The fourth-order valence-electron chi connectivity index (χ4n) is 3.28. The van der Waals surface area contributed by atoms with Crippen LogP contribution in [0, 0.1) is 18.6 Å². The van der Waals surface area contributed by atoms with Crippen LogP contribution >= 0.6 is 0 Å². The molecule has 148 valence electrons. The van der Waals surface area contributed by atoms with Crippen LogP contribution in [0.2, 0.25) is 0 Å². The molecule has 0 saturated carbocycles. The Bertz CT molecular complexity index is 881. The van der Waals surface area contributed by atoms with Crippen molar-refractivity contribution in [1.29, 1.82) is 0 Å². The van der Waals surface area contributed by atoms with E-state index in [1.165, 1.54) is 4.90 Å². The van der Waals surface area contributed by atoms with Crippen molar-refractivity contribution in [2.24, 2.45) is 0 Å². The molecule has 0 radical (unpaired) electrons. The Morgan fingerprint density at radius 1 is 1.29 bits per heavy atom. The van der Waals surface area contributed by atoms with E-state index >= 15 is 0 Å². The standard InChI is InChI=1S/C20H21F2N3O3/c1-12-3-2-4-13(9-12)18-19(27)23-7-8-25(18)20(28)24-6-5-15-16(21)10-14(26)11-17(15)22/h2-4,9-11,18,26H,5-8H2,1H3,(H,23,27)(H,24,28). The number of halogens is 2. The van der Waals surface area contributed by atoms with E-state index < -0.39 is 29.5 Å². The Labute approximate surface area is 161 Å². The molecule has 0 spiro atoms. The van der Waals surface area contributed by atoms with E-state index in [0.717, 1.165) is 17.7 Å². The van der Waals surface area contributed by atoms with E-state index in [0.29, 0.717) is 18.7 Å². The van der Waals surface area contributed by atoms with Gasteiger partial charge in [-0.2, -0.15) is 0 Å². The highest BCUT2D eigenvalue weighted by Crippen LogP contribution is 2.24. The molecule has 2 aromatic rings. The van der Waals surface area contributed by atoms with Gasteiger partial charge >= 0.3 is 6.03 Å². The van der Waals surface area contributed by atoms with Gasteiger partial charge in [0, 0.05) is 37.3 Å². The Hall–Kier alpha value is -3.16. The molecular weight excluding hydrogens is 368 g/mol. The minimum Gasteiger partial charge on any atom is -0.508 e. The van der Waals surface area contributed by atoms with Gasteiger partial charge in [-0.25, -0.2) is 13.6 Å². The van der Waals surface area contributed by atoms with Crippen LogP contribution in [0.4, 0.5) is 13.6 Å². The monoisotopic (exact) mass is 389 g/mol. The van der Waals surface area contributed by atoms with Crippen molar-refractivity contribution in [3.63, 3.8) is 0 Å². The van der Waals surface area contributed by atoms with Gasteiger partial charge in [-0.3, -0.25) is 4.79 Å². The maximum atomic E-state index is 13.8. The quantitative estimate of drug-likeness (QED) is 0.751. The number of aromatic hydroxyl groups is 1. The van der Waals surface area contributed by atoms with E-state index in [1.54, 1.807) is 6.07 Å². The lowest BCUT2D eigenvalue weighted by atomic mass is 10.0. The van der Waals surface area contributed by atoms with E-state index in [-0.39, 0.29) is 24.4 Å². The lowest BCUT2D eigenvalue weighted by Gasteiger charge is -2.35. The molecule has 1 heterocycles. The number of benzene rings is 2. The van der Waals surface area contributed by atoms with E-state index in [1.807, 2.05) is 25.1 Å². The van der Waals surface area contributed by atoms with Gasteiger partial charge in [0.05, 0.1) is 0 Å². The molecule has 1 unspecified atom stereocenters. The molecule has 3 rings (SSSR count). The third-order valence-corrected chi connectivity index (χ3v) is 4.61. The van der Waals surface area contributed by atoms with Gasteiger partial charge in [0.1, 0.15) is 23.4 Å². The number of carbonyl (C=O) groups is 2. The summed E-state index contributed by atoms with van der Waals surface area (Å²) in [5.74, 6) is -2.52. The van der Waals surface area contributed by atoms with Crippen LogP contribution in [-0.2, 0) is 11.2 Å². The fourth-order valence-corrected chi connectivity index (χ4v) is 3.28. The highest BCUT2D eigenvalue weighted by atomic mass is 19.1. The molecule has 3 N–H and O–H groups in total. The number of piperazine rings is 1. The number of nitrogens with zero attached hydrogens (tertiary/aromatic N) is 1. The number of hydrogen-bond acceptors (Lipinski definition) is 3. The third-order valence-electron chi connectivity index (χ3n) is 4.61. The van der Waals surface area contributed by atoms with Gasteiger partial charge in [-0.15, -0.1) is 0 Å². The van der Waals surface area contributed by atoms with Crippen LogP contribution in [0.25, 0.3) is 0 Å². The zero-order valence-corrected chi connectivity index (χ0v) is 15.3. The molecule has 8 heteroatoms. The second-order valence-electron chi connectivity index (χ2n) is 6.67. The Kier molecular flexibility index (Phi) is 5.77. The third kappa shape index (κ3) is 4.21. The second-order valence-corrected chi connectivity index (χ2v) is 6.67. The number of hydrogen-bond donors (Lipinski definition) is 3. The summed E-state index contributed by atoms with van der Waals surface area (Å²) in [6.07, 6.45) is -0.0845. The molecule has 0 bridgehead atoms. The van der Waals surface area contributed by atoms with Crippen molar-refractivity contribution < 1.29 is 23.5 Å². The van der Waals surface area contributed by atoms with E-state index in [4.69, 9.17) is 0 Å². The molecular formula is C20H21F2N3O3. The van der Waals surface area contributed by atoms with Crippen LogP contribution < -0.4 is 10.6 Å². The molecule has 28 heavy (non-hydrogen) atoms. The predicted molar refractivity (Wildman–Crippen MR) is 98.8 cm³/mol. The van der Waals surface area contributed by atoms with Crippen LogP contribution in [0.5, 0.6) is 5.75 Å². The number of phenolic OH excluding ortho intramolecular Hbond substituents is 1. The second kappa shape index (κ2) is 8.24. The lowest BCUT2D eigenvalue weighted by molar-refractivity contribution is -0.127. The topological polar surface area (TPSA) is 81.7 Å². The highest BCUT2D eigenvalue weighted by Gasteiger charge is 2.34. The number of phenols is 1. The molecule has 0 aliphatic carbocycles. The number of nitrogens with one attached hydrogen (secondary N) is 2. The first-order valence-corrected chi connectivity index (χ1v) is 8.92. The van der Waals surface area contributed by atoms with Gasteiger partial charge in [-0.1, -0.05) is 29.8 Å². The molecule has 1 aliphatic rings. The van der Waals surface area contributed by atoms with Crippen LogP contribution in [0.15, 0.2) is 36.4 Å². The van der Waals surface area contributed by atoms with Crippen LogP contribution in [-0.4, -0.2) is 41.6 Å². The zero-order chi connectivity index (χ0) is 20.3. The minimum atomic E-state index is -0.873. The number of amides is 3.